The number of nitrogens with one attached hydrogen (secondary N) is 2. The molecule has 31 heavy (non-hydrogen) atoms. The Morgan fingerprint density at radius 1 is 1.00 bits per heavy atom. The first-order chi connectivity index (χ1) is 14.4. The van der Waals surface area contributed by atoms with Gasteiger partial charge in [-0.25, -0.2) is 18.1 Å². The van der Waals surface area contributed by atoms with Crippen LogP contribution in [0.1, 0.15) is 43.9 Å². The van der Waals surface area contributed by atoms with Crippen molar-refractivity contribution in [1.29, 1.82) is 0 Å². The molecule has 2 aromatic rings. The zero-order valence-electron chi connectivity index (χ0n) is 18.1. The van der Waals surface area contributed by atoms with Crippen LogP contribution in [-0.4, -0.2) is 33.2 Å². The van der Waals surface area contributed by atoms with Crippen molar-refractivity contribution in [1.82, 2.24) is 5.32 Å². The van der Waals surface area contributed by atoms with Crippen molar-refractivity contribution in [3.8, 4) is 0 Å². The van der Waals surface area contributed by atoms with Crippen molar-refractivity contribution in [2.45, 2.75) is 32.6 Å². The van der Waals surface area contributed by atoms with Crippen LogP contribution in [0.5, 0.6) is 0 Å². The number of rotatable bonds is 5. The molecule has 3 amide bonds. The Balaban J connectivity index is 1.93. The molecule has 164 valence electrons. The van der Waals surface area contributed by atoms with Crippen molar-refractivity contribution >= 4 is 45.5 Å². The highest BCUT2D eigenvalue weighted by atomic mass is 32.2. The maximum Gasteiger partial charge on any atom is 0.328 e. The maximum atomic E-state index is 12.4. The lowest BCUT2D eigenvalue weighted by atomic mass is 9.85. The third-order valence-electron chi connectivity index (χ3n) is 4.81. The van der Waals surface area contributed by atoms with E-state index in [2.05, 4.69) is 30.8 Å². The molecule has 7 nitrogen and oxygen atoms in total. The summed E-state index contributed by atoms with van der Waals surface area (Å²) in [6.07, 6.45) is 5.18. The van der Waals surface area contributed by atoms with E-state index in [0.29, 0.717) is 17.9 Å². The summed E-state index contributed by atoms with van der Waals surface area (Å²) in [4.78, 5) is 25.9. The van der Waals surface area contributed by atoms with Gasteiger partial charge >= 0.3 is 6.03 Å². The summed E-state index contributed by atoms with van der Waals surface area (Å²) in [6, 6.07) is 12.3. The number of sulfonamides is 1. The standard InChI is InChI=1S/C23H27N3O4S/c1-23(2,3)18-13-17(14-20(15-18)26-21(27)11-12-24-22(26)28)6-5-16-7-9-19(10-8-16)25-31(4,29)30/h5-10,13-15,25H,11-12H2,1-4H3,(H,24,28). The van der Waals surface area contributed by atoms with E-state index in [-0.39, 0.29) is 17.7 Å². The molecule has 8 heteroatoms. The molecule has 2 N–H and O–H groups in total. The molecule has 1 saturated heterocycles. The second-order valence-electron chi connectivity index (χ2n) is 8.60. The lowest BCUT2D eigenvalue weighted by Crippen LogP contribution is -2.50. The van der Waals surface area contributed by atoms with Gasteiger partial charge in [0.25, 0.3) is 0 Å². The third kappa shape index (κ3) is 5.95. The number of nitrogens with zero attached hydrogens (tertiary/aromatic N) is 1. The topological polar surface area (TPSA) is 95.6 Å². The van der Waals surface area contributed by atoms with Crippen molar-refractivity contribution in [2.75, 3.05) is 22.4 Å². The van der Waals surface area contributed by atoms with Crippen LogP contribution < -0.4 is 14.9 Å². The summed E-state index contributed by atoms with van der Waals surface area (Å²) in [5.74, 6) is -0.223. The van der Waals surface area contributed by atoms with Crippen molar-refractivity contribution in [2.24, 2.45) is 0 Å². The minimum Gasteiger partial charge on any atom is -0.337 e. The van der Waals surface area contributed by atoms with E-state index < -0.39 is 16.1 Å². The Hall–Kier alpha value is -3.13. The molecule has 0 bridgehead atoms. The van der Waals surface area contributed by atoms with Crippen LogP contribution in [0.25, 0.3) is 12.2 Å². The zero-order chi connectivity index (χ0) is 22.8. The molecule has 1 aliphatic heterocycles. The van der Waals surface area contributed by atoms with E-state index in [4.69, 9.17) is 0 Å². The number of hydrogen-bond acceptors (Lipinski definition) is 4. The van der Waals surface area contributed by atoms with Gasteiger partial charge in [-0.05, 0) is 46.4 Å². The van der Waals surface area contributed by atoms with E-state index in [9.17, 15) is 18.0 Å². The number of urea groups is 1. The zero-order valence-corrected chi connectivity index (χ0v) is 18.9. The fraction of sp³-hybridized carbons (Fsp3) is 0.304. The summed E-state index contributed by atoms with van der Waals surface area (Å²) in [5.41, 5.74) is 3.60. The van der Waals surface area contributed by atoms with Crippen LogP contribution in [0.4, 0.5) is 16.2 Å². The molecule has 0 aromatic heterocycles. The molecule has 0 atom stereocenters. The summed E-state index contributed by atoms with van der Waals surface area (Å²) in [5, 5.41) is 2.72. The van der Waals surface area contributed by atoms with E-state index in [1.54, 1.807) is 24.3 Å². The summed E-state index contributed by atoms with van der Waals surface area (Å²) >= 11 is 0. The van der Waals surface area contributed by atoms with Gasteiger partial charge < -0.3 is 5.32 Å². The van der Waals surface area contributed by atoms with E-state index >= 15 is 0 Å². The van der Waals surface area contributed by atoms with Crippen LogP contribution in [0, 0.1) is 0 Å². The Morgan fingerprint density at radius 3 is 2.23 bits per heavy atom. The fourth-order valence-electron chi connectivity index (χ4n) is 3.20. The Labute approximate surface area is 183 Å². The largest absolute Gasteiger partial charge is 0.337 e. The highest BCUT2D eigenvalue weighted by molar-refractivity contribution is 7.92. The summed E-state index contributed by atoms with van der Waals surface area (Å²) in [7, 11) is -3.32. The number of carbonyl (C=O) groups excluding carboxylic acids is 2. The smallest absolute Gasteiger partial charge is 0.328 e. The lowest BCUT2D eigenvalue weighted by Gasteiger charge is -2.28. The fourth-order valence-corrected chi connectivity index (χ4v) is 3.77. The quantitative estimate of drug-likeness (QED) is 0.686. The lowest BCUT2D eigenvalue weighted by molar-refractivity contribution is -0.118. The average Bonchev–Trinajstić information content (AvgIpc) is 2.65. The third-order valence-corrected chi connectivity index (χ3v) is 5.42. The van der Waals surface area contributed by atoms with Gasteiger partial charge in [0.2, 0.25) is 15.9 Å². The minimum absolute atomic E-state index is 0.174. The predicted molar refractivity (Wildman–Crippen MR) is 124 cm³/mol. The predicted octanol–water partition coefficient (Wildman–Crippen LogP) is 3.97. The molecule has 1 heterocycles. The van der Waals surface area contributed by atoms with Gasteiger partial charge in [0.15, 0.2) is 0 Å². The molecule has 0 aliphatic carbocycles. The molecule has 3 rings (SSSR count). The van der Waals surface area contributed by atoms with Gasteiger partial charge in [-0.15, -0.1) is 0 Å². The van der Waals surface area contributed by atoms with Gasteiger partial charge in [-0.1, -0.05) is 51.1 Å². The molecular weight excluding hydrogens is 414 g/mol. The SMILES string of the molecule is CC(C)(C)c1cc(C=Cc2ccc(NS(C)(=O)=O)cc2)cc(N2C(=O)CCNC2=O)c1. The number of amides is 3. The van der Waals surface area contributed by atoms with Gasteiger partial charge in [0.1, 0.15) is 0 Å². The second kappa shape index (κ2) is 8.55. The van der Waals surface area contributed by atoms with Crippen molar-refractivity contribution in [3.63, 3.8) is 0 Å². The number of carbonyl (C=O) groups is 2. The van der Waals surface area contributed by atoms with E-state index in [1.165, 1.54) is 4.90 Å². The van der Waals surface area contributed by atoms with Gasteiger partial charge in [0.05, 0.1) is 11.9 Å². The average molecular weight is 442 g/mol. The Kier molecular flexibility index (Phi) is 6.22. The number of hydrogen-bond donors (Lipinski definition) is 2. The molecule has 1 fully saturated rings. The van der Waals surface area contributed by atoms with Crippen LogP contribution in [0.3, 0.4) is 0 Å². The highest BCUT2D eigenvalue weighted by Crippen LogP contribution is 2.30. The minimum atomic E-state index is -3.32. The first kappa shape index (κ1) is 22.6. The van der Waals surface area contributed by atoms with Crippen LogP contribution in [-0.2, 0) is 20.2 Å². The summed E-state index contributed by atoms with van der Waals surface area (Å²) < 4.78 is 25.1. The van der Waals surface area contributed by atoms with Gasteiger partial charge in [-0.3, -0.25) is 9.52 Å². The number of imide groups is 1. The van der Waals surface area contributed by atoms with Crippen molar-refractivity contribution < 1.29 is 18.0 Å². The first-order valence-corrected chi connectivity index (χ1v) is 11.8. The van der Waals surface area contributed by atoms with Crippen LogP contribution >= 0.6 is 0 Å². The highest BCUT2D eigenvalue weighted by Gasteiger charge is 2.28. The molecule has 0 radical (unpaired) electrons. The molecule has 2 aromatic carbocycles. The van der Waals surface area contributed by atoms with E-state index in [0.717, 1.165) is 22.9 Å². The molecule has 1 aliphatic rings. The van der Waals surface area contributed by atoms with Crippen LogP contribution in [0.15, 0.2) is 42.5 Å². The molecule has 0 spiro atoms. The Morgan fingerprint density at radius 2 is 1.65 bits per heavy atom. The van der Waals surface area contributed by atoms with E-state index in [1.807, 2.05) is 30.4 Å². The molecule has 0 saturated carbocycles. The number of anilines is 2. The normalized spacial score (nSPS) is 15.3. The molecule has 0 unspecified atom stereocenters. The second-order valence-corrected chi connectivity index (χ2v) is 10.4. The Bertz CT molecular complexity index is 1110. The molecular formula is C23H27N3O4S. The first-order valence-electron chi connectivity index (χ1n) is 9.95. The van der Waals surface area contributed by atoms with Crippen LogP contribution in [0.2, 0.25) is 0 Å². The number of benzene rings is 2. The van der Waals surface area contributed by atoms with Gasteiger partial charge in [0, 0.05) is 18.7 Å². The summed E-state index contributed by atoms with van der Waals surface area (Å²) in [6.45, 7) is 6.58. The maximum absolute atomic E-state index is 12.4. The van der Waals surface area contributed by atoms with Crippen molar-refractivity contribution in [3.05, 3.63) is 59.2 Å². The van der Waals surface area contributed by atoms with Gasteiger partial charge in [-0.2, -0.15) is 0 Å². The monoisotopic (exact) mass is 441 g/mol.